The van der Waals surface area contributed by atoms with Gasteiger partial charge in [-0.15, -0.1) is 0 Å². The minimum atomic E-state index is 0.478. The largest absolute Gasteiger partial charge is 0.497 e. The summed E-state index contributed by atoms with van der Waals surface area (Å²) in [5.41, 5.74) is 2.45. The molecule has 0 aliphatic heterocycles. The van der Waals surface area contributed by atoms with Crippen LogP contribution < -0.4 is 9.47 Å². The van der Waals surface area contributed by atoms with Gasteiger partial charge in [-0.2, -0.15) is 4.98 Å². The van der Waals surface area contributed by atoms with Crippen LogP contribution >= 0.6 is 0 Å². The van der Waals surface area contributed by atoms with Crippen molar-refractivity contribution >= 4 is 0 Å². The third kappa shape index (κ3) is 4.56. The Morgan fingerprint density at radius 1 is 1.00 bits per heavy atom. The van der Waals surface area contributed by atoms with Crippen LogP contribution in [0.2, 0.25) is 0 Å². The molecule has 0 aliphatic carbocycles. The van der Waals surface area contributed by atoms with Crippen LogP contribution in [0.3, 0.4) is 0 Å². The molecule has 4 aromatic rings. The van der Waals surface area contributed by atoms with E-state index in [2.05, 4.69) is 20.1 Å². The number of aromatic nitrogens is 4. The van der Waals surface area contributed by atoms with Crippen molar-refractivity contribution in [1.82, 2.24) is 25.0 Å². The van der Waals surface area contributed by atoms with Crippen molar-refractivity contribution < 1.29 is 18.4 Å². The number of oxazole rings is 1. The maximum absolute atomic E-state index is 5.91. The Kier molecular flexibility index (Phi) is 5.94. The molecule has 3 aromatic heterocycles. The first-order valence-corrected chi connectivity index (χ1v) is 9.67. The molecule has 1 aromatic carbocycles. The summed E-state index contributed by atoms with van der Waals surface area (Å²) in [6.07, 6.45) is 3.39. The Balaban J connectivity index is 1.47. The fourth-order valence-electron chi connectivity index (χ4n) is 3.14. The summed E-state index contributed by atoms with van der Waals surface area (Å²) in [6, 6.07) is 9.20. The van der Waals surface area contributed by atoms with Crippen LogP contribution in [0.1, 0.15) is 17.3 Å². The lowest BCUT2D eigenvalue weighted by Gasteiger charge is -2.12. The third-order valence-corrected chi connectivity index (χ3v) is 4.76. The molecule has 0 fully saturated rings. The first-order valence-electron chi connectivity index (χ1n) is 9.67. The van der Waals surface area contributed by atoms with Crippen LogP contribution in [-0.2, 0) is 13.1 Å². The van der Waals surface area contributed by atoms with Gasteiger partial charge < -0.3 is 18.4 Å². The number of ether oxygens (including phenoxy) is 2. The molecule has 160 valence electrons. The molecule has 0 aliphatic rings. The molecule has 4 rings (SSSR count). The fourth-order valence-corrected chi connectivity index (χ4v) is 3.14. The van der Waals surface area contributed by atoms with Crippen molar-refractivity contribution in [3.63, 3.8) is 0 Å². The normalized spacial score (nSPS) is 11.1. The SMILES string of the molecule is COc1ccc(-c2nc(CN(C)Cc3nc(-c4ccncc4)no3)c(C)o2)c(OC)c1. The van der Waals surface area contributed by atoms with Crippen LogP contribution in [0.25, 0.3) is 22.8 Å². The second-order valence-corrected chi connectivity index (χ2v) is 7.01. The van der Waals surface area contributed by atoms with E-state index >= 15 is 0 Å². The second-order valence-electron chi connectivity index (χ2n) is 7.01. The molecule has 9 heteroatoms. The summed E-state index contributed by atoms with van der Waals surface area (Å²) >= 11 is 0. The number of hydrogen-bond acceptors (Lipinski definition) is 9. The summed E-state index contributed by atoms with van der Waals surface area (Å²) < 4.78 is 22.0. The van der Waals surface area contributed by atoms with Crippen molar-refractivity contribution in [3.8, 4) is 34.3 Å². The number of nitrogens with zero attached hydrogens (tertiary/aromatic N) is 5. The predicted octanol–water partition coefficient (Wildman–Crippen LogP) is 3.74. The van der Waals surface area contributed by atoms with Gasteiger partial charge in [-0.1, -0.05) is 5.16 Å². The molecule has 0 N–H and O–H groups in total. The van der Waals surface area contributed by atoms with Gasteiger partial charge >= 0.3 is 0 Å². The van der Waals surface area contributed by atoms with Crippen molar-refractivity contribution in [2.24, 2.45) is 0 Å². The number of benzene rings is 1. The zero-order chi connectivity index (χ0) is 21.8. The quantitative estimate of drug-likeness (QED) is 0.421. The average Bonchev–Trinajstić information content (AvgIpc) is 3.40. The molecule has 31 heavy (non-hydrogen) atoms. The van der Waals surface area contributed by atoms with Crippen LogP contribution in [0.5, 0.6) is 11.5 Å². The molecule has 0 saturated carbocycles. The summed E-state index contributed by atoms with van der Waals surface area (Å²) in [5.74, 6) is 3.63. The zero-order valence-corrected chi connectivity index (χ0v) is 17.8. The minimum absolute atomic E-state index is 0.478. The number of hydrogen-bond donors (Lipinski definition) is 0. The van der Waals surface area contributed by atoms with Crippen LogP contribution in [0, 0.1) is 6.92 Å². The Morgan fingerprint density at radius 3 is 2.55 bits per heavy atom. The second kappa shape index (κ2) is 8.97. The summed E-state index contributed by atoms with van der Waals surface area (Å²) in [4.78, 5) is 15.2. The van der Waals surface area contributed by atoms with E-state index in [1.54, 1.807) is 32.7 Å². The number of aryl methyl sites for hydroxylation is 1. The van der Waals surface area contributed by atoms with E-state index < -0.39 is 0 Å². The standard InChI is InChI=1S/C22H23N5O4/c1-14-18(24-22(30-14)17-6-5-16(28-3)11-19(17)29-4)12-27(2)13-20-25-21(26-31-20)15-7-9-23-10-8-15/h5-11H,12-13H2,1-4H3. The molecule has 0 unspecified atom stereocenters. The third-order valence-electron chi connectivity index (χ3n) is 4.76. The molecule has 3 heterocycles. The van der Waals surface area contributed by atoms with Gasteiger partial charge in [0.2, 0.25) is 17.6 Å². The lowest BCUT2D eigenvalue weighted by molar-refractivity contribution is 0.258. The van der Waals surface area contributed by atoms with Gasteiger partial charge in [0.05, 0.1) is 32.0 Å². The molecule has 0 saturated heterocycles. The molecule has 0 atom stereocenters. The highest BCUT2D eigenvalue weighted by Crippen LogP contribution is 2.33. The van der Waals surface area contributed by atoms with Crippen molar-refractivity contribution in [1.29, 1.82) is 0 Å². The minimum Gasteiger partial charge on any atom is -0.497 e. The monoisotopic (exact) mass is 421 g/mol. The van der Waals surface area contributed by atoms with Crippen LogP contribution in [-0.4, -0.2) is 46.3 Å². The van der Waals surface area contributed by atoms with E-state index in [0.717, 1.165) is 22.6 Å². The van der Waals surface area contributed by atoms with E-state index in [1.165, 1.54) is 0 Å². The number of rotatable bonds is 8. The van der Waals surface area contributed by atoms with E-state index in [9.17, 15) is 0 Å². The van der Waals surface area contributed by atoms with E-state index in [0.29, 0.717) is 42.2 Å². The van der Waals surface area contributed by atoms with Crippen LogP contribution in [0.15, 0.2) is 51.7 Å². The highest BCUT2D eigenvalue weighted by atomic mass is 16.5. The van der Waals surface area contributed by atoms with Gasteiger partial charge in [0.1, 0.15) is 17.3 Å². The summed E-state index contributed by atoms with van der Waals surface area (Å²) in [6.45, 7) is 2.93. The lowest BCUT2D eigenvalue weighted by atomic mass is 10.2. The van der Waals surface area contributed by atoms with Gasteiger partial charge in [-0.25, -0.2) is 4.98 Å². The topological polar surface area (TPSA) is 99.5 Å². The molecule has 9 nitrogen and oxygen atoms in total. The van der Waals surface area contributed by atoms with Crippen molar-refractivity contribution in [2.45, 2.75) is 20.0 Å². The summed E-state index contributed by atoms with van der Waals surface area (Å²) in [7, 11) is 5.17. The van der Waals surface area contributed by atoms with Crippen LogP contribution in [0.4, 0.5) is 0 Å². The first kappa shape index (κ1) is 20.5. The van der Waals surface area contributed by atoms with Gasteiger partial charge in [-0.3, -0.25) is 9.88 Å². The predicted molar refractivity (Wildman–Crippen MR) is 112 cm³/mol. The Bertz CT molecular complexity index is 1160. The molecule has 0 amide bonds. The highest BCUT2D eigenvalue weighted by molar-refractivity contribution is 5.65. The molecule has 0 spiro atoms. The van der Waals surface area contributed by atoms with E-state index in [1.807, 2.05) is 43.1 Å². The smallest absolute Gasteiger partial charge is 0.241 e. The lowest BCUT2D eigenvalue weighted by Crippen LogP contribution is -2.18. The first-order chi connectivity index (χ1) is 15.1. The number of pyridine rings is 1. The highest BCUT2D eigenvalue weighted by Gasteiger charge is 2.18. The molecule has 0 radical (unpaired) electrons. The van der Waals surface area contributed by atoms with E-state index in [4.69, 9.17) is 18.4 Å². The Labute approximate surface area is 179 Å². The van der Waals surface area contributed by atoms with Gasteiger partial charge in [0.15, 0.2) is 0 Å². The molecule has 0 bridgehead atoms. The summed E-state index contributed by atoms with van der Waals surface area (Å²) in [5, 5.41) is 4.04. The average molecular weight is 421 g/mol. The maximum atomic E-state index is 5.91. The van der Waals surface area contributed by atoms with E-state index in [-0.39, 0.29) is 0 Å². The Morgan fingerprint density at radius 2 is 1.81 bits per heavy atom. The van der Waals surface area contributed by atoms with Crippen molar-refractivity contribution in [3.05, 3.63) is 60.1 Å². The molecular formula is C22H23N5O4. The zero-order valence-electron chi connectivity index (χ0n) is 17.8. The van der Waals surface area contributed by atoms with Gasteiger partial charge in [0, 0.05) is 30.6 Å². The van der Waals surface area contributed by atoms with Crippen molar-refractivity contribution in [2.75, 3.05) is 21.3 Å². The van der Waals surface area contributed by atoms with Gasteiger partial charge in [0.25, 0.3) is 0 Å². The molecular weight excluding hydrogens is 398 g/mol. The Hall–Kier alpha value is -3.72. The maximum Gasteiger partial charge on any atom is 0.241 e. The fraction of sp³-hybridized carbons (Fsp3) is 0.273. The number of methoxy groups -OCH3 is 2. The van der Waals surface area contributed by atoms with Gasteiger partial charge in [-0.05, 0) is 38.2 Å².